The molecule has 0 radical (unpaired) electrons. The molecule has 0 unspecified atom stereocenters. The number of carbonyl (C=O) groups excluding carboxylic acids is 1. The number of aromatic hydroxyl groups is 1. The Morgan fingerprint density at radius 1 is 1.57 bits per heavy atom. The third-order valence-corrected chi connectivity index (χ3v) is 1.46. The second kappa shape index (κ2) is 4.91. The van der Waals surface area contributed by atoms with Gasteiger partial charge in [-0.25, -0.2) is 4.79 Å². The average molecular weight is 193 g/mol. The Bertz CT molecular complexity index is 336. The lowest BCUT2D eigenvalue weighted by Crippen LogP contribution is -2.26. The number of carbonyl (C=O) groups is 1. The highest BCUT2D eigenvalue weighted by molar-refractivity contribution is 5.71. The zero-order valence-electron chi connectivity index (χ0n) is 7.56. The molecule has 1 rings (SSSR count). The van der Waals surface area contributed by atoms with Crippen LogP contribution in [0.2, 0.25) is 0 Å². The molecular weight excluding hydrogens is 182 g/mol. The molecule has 0 spiro atoms. The Balaban J connectivity index is 2.56. The van der Waals surface area contributed by atoms with Crippen molar-refractivity contribution in [2.45, 2.75) is 0 Å². The van der Waals surface area contributed by atoms with Gasteiger partial charge in [0, 0.05) is 6.54 Å². The van der Waals surface area contributed by atoms with Crippen LogP contribution >= 0.6 is 0 Å². The first kappa shape index (κ1) is 10.1. The van der Waals surface area contributed by atoms with E-state index < -0.39 is 6.09 Å². The van der Waals surface area contributed by atoms with Crippen LogP contribution in [-0.4, -0.2) is 17.7 Å². The maximum absolute atomic E-state index is 11.0. The van der Waals surface area contributed by atoms with E-state index in [1.54, 1.807) is 12.1 Å². The molecular formula is C10H11NO3. The summed E-state index contributed by atoms with van der Waals surface area (Å²) in [4.78, 5) is 11.0. The van der Waals surface area contributed by atoms with Crippen LogP contribution in [0.1, 0.15) is 0 Å². The molecule has 0 aliphatic carbocycles. The third-order valence-electron chi connectivity index (χ3n) is 1.46. The molecule has 1 amide bonds. The topological polar surface area (TPSA) is 58.6 Å². The van der Waals surface area contributed by atoms with Crippen LogP contribution in [0.3, 0.4) is 0 Å². The molecule has 0 aliphatic heterocycles. The van der Waals surface area contributed by atoms with E-state index in [1.807, 2.05) is 0 Å². The summed E-state index contributed by atoms with van der Waals surface area (Å²) >= 11 is 0. The highest BCUT2D eigenvalue weighted by Gasteiger charge is 2.05. The van der Waals surface area contributed by atoms with Gasteiger partial charge in [0.25, 0.3) is 0 Å². The van der Waals surface area contributed by atoms with Gasteiger partial charge < -0.3 is 15.2 Å². The van der Waals surface area contributed by atoms with E-state index in [4.69, 9.17) is 4.74 Å². The van der Waals surface area contributed by atoms with Gasteiger partial charge in [-0.05, 0) is 12.1 Å². The van der Waals surface area contributed by atoms with Crippen LogP contribution in [-0.2, 0) is 0 Å². The van der Waals surface area contributed by atoms with E-state index in [-0.39, 0.29) is 11.5 Å². The predicted molar refractivity (Wildman–Crippen MR) is 52.3 cm³/mol. The lowest BCUT2D eigenvalue weighted by Gasteiger charge is -2.05. The van der Waals surface area contributed by atoms with Crippen LogP contribution < -0.4 is 10.1 Å². The lowest BCUT2D eigenvalue weighted by atomic mass is 10.3. The molecule has 0 bridgehead atoms. The van der Waals surface area contributed by atoms with Crippen molar-refractivity contribution in [3.8, 4) is 11.5 Å². The van der Waals surface area contributed by atoms with E-state index in [1.165, 1.54) is 18.2 Å². The second-order valence-electron chi connectivity index (χ2n) is 2.53. The molecule has 0 atom stereocenters. The Morgan fingerprint density at radius 3 is 2.93 bits per heavy atom. The third kappa shape index (κ3) is 2.82. The molecule has 0 fully saturated rings. The van der Waals surface area contributed by atoms with E-state index >= 15 is 0 Å². The summed E-state index contributed by atoms with van der Waals surface area (Å²) in [5.41, 5.74) is 0. The fraction of sp³-hybridized carbons (Fsp3) is 0.100. The second-order valence-corrected chi connectivity index (χ2v) is 2.53. The Hall–Kier alpha value is -1.97. The molecule has 1 aromatic rings. The highest BCUT2D eigenvalue weighted by atomic mass is 16.6. The number of ether oxygens (including phenoxy) is 1. The number of nitrogens with one attached hydrogen (secondary N) is 1. The van der Waals surface area contributed by atoms with Gasteiger partial charge in [0.15, 0.2) is 11.5 Å². The zero-order chi connectivity index (χ0) is 10.4. The van der Waals surface area contributed by atoms with E-state index in [0.717, 1.165) is 0 Å². The van der Waals surface area contributed by atoms with Gasteiger partial charge in [-0.3, -0.25) is 0 Å². The minimum Gasteiger partial charge on any atom is -0.504 e. The summed E-state index contributed by atoms with van der Waals surface area (Å²) < 4.78 is 4.80. The number of rotatable bonds is 3. The molecule has 14 heavy (non-hydrogen) atoms. The first-order chi connectivity index (χ1) is 6.74. The number of phenols is 1. The van der Waals surface area contributed by atoms with Gasteiger partial charge in [-0.2, -0.15) is 0 Å². The van der Waals surface area contributed by atoms with Gasteiger partial charge in [0.2, 0.25) is 0 Å². The molecule has 1 aromatic carbocycles. The van der Waals surface area contributed by atoms with Crippen LogP contribution in [0.15, 0.2) is 36.9 Å². The monoisotopic (exact) mass is 193 g/mol. The minimum absolute atomic E-state index is 0.0683. The molecule has 0 saturated carbocycles. The maximum atomic E-state index is 11.0. The molecule has 74 valence electrons. The molecule has 0 aromatic heterocycles. The Kier molecular flexibility index (Phi) is 3.55. The van der Waals surface area contributed by atoms with Crippen LogP contribution in [0.5, 0.6) is 11.5 Å². The van der Waals surface area contributed by atoms with E-state index in [0.29, 0.717) is 6.54 Å². The largest absolute Gasteiger partial charge is 0.504 e. The molecule has 2 N–H and O–H groups in total. The SMILES string of the molecule is C=CCNC(=O)Oc1ccccc1O. The summed E-state index contributed by atoms with van der Waals surface area (Å²) in [6, 6.07) is 6.25. The number of hydrogen-bond donors (Lipinski definition) is 2. The van der Waals surface area contributed by atoms with E-state index in [2.05, 4.69) is 11.9 Å². The van der Waals surface area contributed by atoms with Crippen molar-refractivity contribution in [1.29, 1.82) is 0 Å². The maximum Gasteiger partial charge on any atom is 0.412 e. The highest BCUT2D eigenvalue weighted by Crippen LogP contribution is 2.24. The van der Waals surface area contributed by atoms with Crippen molar-refractivity contribution in [1.82, 2.24) is 5.32 Å². The summed E-state index contributed by atoms with van der Waals surface area (Å²) in [7, 11) is 0. The van der Waals surface area contributed by atoms with Gasteiger partial charge in [0.05, 0.1) is 0 Å². The number of para-hydroxylation sites is 2. The molecule has 0 aliphatic rings. The molecule has 4 nitrogen and oxygen atoms in total. The van der Waals surface area contributed by atoms with Crippen LogP contribution in [0, 0.1) is 0 Å². The van der Waals surface area contributed by atoms with Gasteiger partial charge in [-0.15, -0.1) is 6.58 Å². The van der Waals surface area contributed by atoms with Crippen molar-refractivity contribution in [2.24, 2.45) is 0 Å². The Morgan fingerprint density at radius 2 is 2.29 bits per heavy atom. The predicted octanol–water partition coefficient (Wildman–Crippen LogP) is 1.67. The Labute approximate surface area is 81.8 Å². The zero-order valence-corrected chi connectivity index (χ0v) is 7.56. The normalized spacial score (nSPS) is 9.14. The van der Waals surface area contributed by atoms with E-state index in [9.17, 15) is 9.90 Å². The van der Waals surface area contributed by atoms with Crippen molar-refractivity contribution < 1.29 is 14.6 Å². The number of hydrogen-bond acceptors (Lipinski definition) is 3. The first-order valence-corrected chi connectivity index (χ1v) is 4.08. The average Bonchev–Trinajstić information content (AvgIpc) is 2.18. The standard InChI is InChI=1S/C10H11NO3/c1-2-7-11-10(13)14-9-6-4-3-5-8(9)12/h2-6,12H,1,7H2,(H,11,13). The number of phenolic OH excluding ortho intramolecular Hbond substituents is 1. The molecule has 4 heteroatoms. The summed E-state index contributed by atoms with van der Waals surface area (Å²) in [5.74, 6) is 0.0651. The quantitative estimate of drug-likeness (QED) is 0.718. The van der Waals surface area contributed by atoms with Crippen molar-refractivity contribution >= 4 is 6.09 Å². The first-order valence-electron chi connectivity index (χ1n) is 4.08. The minimum atomic E-state index is -0.619. The van der Waals surface area contributed by atoms with Gasteiger partial charge in [0.1, 0.15) is 0 Å². The number of amides is 1. The lowest BCUT2D eigenvalue weighted by molar-refractivity contribution is 0.200. The fourth-order valence-corrected chi connectivity index (χ4v) is 0.835. The summed E-state index contributed by atoms with van der Waals surface area (Å²) in [6.07, 6.45) is 0.915. The molecule has 0 heterocycles. The van der Waals surface area contributed by atoms with Gasteiger partial charge >= 0.3 is 6.09 Å². The molecule has 0 saturated heterocycles. The number of benzene rings is 1. The van der Waals surface area contributed by atoms with Crippen molar-refractivity contribution in [2.75, 3.05) is 6.54 Å². The summed E-state index contributed by atoms with van der Waals surface area (Å²) in [5, 5.41) is 11.7. The van der Waals surface area contributed by atoms with Crippen molar-refractivity contribution in [3.05, 3.63) is 36.9 Å². The smallest absolute Gasteiger partial charge is 0.412 e. The fourth-order valence-electron chi connectivity index (χ4n) is 0.835. The van der Waals surface area contributed by atoms with Crippen molar-refractivity contribution in [3.63, 3.8) is 0 Å². The van der Waals surface area contributed by atoms with Crippen LogP contribution in [0.25, 0.3) is 0 Å². The summed E-state index contributed by atoms with van der Waals surface area (Å²) in [6.45, 7) is 3.76. The van der Waals surface area contributed by atoms with Crippen LogP contribution in [0.4, 0.5) is 4.79 Å². The van der Waals surface area contributed by atoms with Gasteiger partial charge in [-0.1, -0.05) is 18.2 Å².